The van der Waals surface area contributed by atoms with E-state index in [1.54, 1.807) is 25.3 Å². The zero-order chi connectivity index (χ0) is 24.5. The van der Waals surface area contributed by atoms with Crippen molar-refractivity contribution in [1.82, 2.24) is 19.5 Å². The maximum atomic E-state index is 12.6. The number of fused-ring (bicyclic) bond motifs is 1. The zero-order valence-electron chi connectivity index (χ0n) is 18.3. The number of carbonyl (C=O) groups excluding carboxylic acids is 1. The number of alkyl halides is 3. The molecule has 0 aliphatic carbocycles. The Morgan fingerprint density at radius 3 is 2.56 bits per heavy atom. The van der Waals surface area contributed by atoms with Crippen molar-refractivity contribution in [2.24, 2.45) is 0 Å². The van der Waals surface area contributed by atoms with Gasteiger partial charge in [0.1, 0.15) is 12.3 Å². The lowest BCUT2D eigenvalue weighted by Gasteiger charge is -2.31. The Kier molecular flexibility index (Phi) is 6.51. The Morgan fingerprint density at radius 2 is 1.91 bits per heavy atom. The molecule has 3 aromatic rings. The standard InChI is InChI=1S/C22H24F3N5O4/c1-14(15-2-4-18(5-3-15)34-22(23,24)25)26-20(32)13-30-21(33)29-11-6-16(12-19(29)27-30)28-9-7-17(31)8-10-28/h2-6,11-12,14,17,31H,7-10,13H2,1H3,(H,26,32)/t14-/m0/s1. The van der Waals surface area contributed by atoms with Gasteiger partial charge in [0.25, 0.3) is 0 Å². The fourth-order valence-electron chi connectivity index (χ4n) is 3.90. The largest absolute Gasteiger partial charge is 0.573 e. The third-order valence-electron chi connectivity index (χ3n) is 5.68. The van der Waals surface area contributed by atoms with Crippen LogP contribution in [-0.4, -0.2) is 50.8 Å². The van der Waals surface area contributed by atoms with Crippen LogP contribution in [0.4, 0.5) is 18.9 Å². The minimum Gasteiger partial charge on any atom is -0.406 e. The first-order valence-electron chi connectivity index (χ1n) is 10.8. The van der Waals surface area contributed by atoms with Gasteiger partial charge in [-0.05, 0) is 43.5 Å². The molecule has 1 aromatic carbocycles. The van der Waals surface area contributed by atoms with Gasteiger partial charge in [0.2, 0.25) is 5.91 Å². The van der Waals surface area contributed by atoms with Crippen LogP contribution in [0.15, 0.2) is 47.4 Å². The summed E-state index contributed by atoms with van der Waals surface area (Å²) >= 11 is 0. The quantitative estimate of drug-likeness (QED) is 0.563. The van der Waals surface area contributed by atoms with Gasteiger partial charge in [-0.2, -0.15) is 0 Å². The van der Waals surface area contributed by atoms with E-state index in [9.17, 15) is 27.9 Å². The molecule has 1 amide bonds. The molecule has 0 spiro atoms. The molecule has 12 heteroatoms. The number of aromatic nitrogens is 3. The first-order valence-corrected chi connectivity index (χ1v) is 10.8. The number of nitrogens with one attached hydrogen (secondary N) is 1. The number of anilines is 1. The normalized spacial score (nSPS) is 16.0. The van der Waals surface area contributed by atoms with E-state index in [1.165, 1.54) is 28.7 Å². The van der Waals surface area contributed by atoms with Crippen LogP contribution in [-0.2, 0) is 11.3 Å². The van der Waals surface area contributed by atoms with Crippen molar-refractivity contribution in [2.75, 3.05) is 18.0 Å². The van der Waals surface area contributed by atoms with Crippen molar-refractivity contribution in [3.8, 4) is 5.75 Å². The minimum atomic E-state index is -4.78. The summed E-state index contributed by atoms with van der Waals surface area (Å²) in [5, 5.41) is 16.6. The summed E-state index contributed by atoms with van der Waals surface area (Å²) < 4.78 is 43.1. The van der Waals surface area contributed by atoms with Gasteiger partial charge < -0.3 is 20.1 Å². The number of benzene rings is 1. The number of carbonyl (C=O) groups is 1. The van der Waals surface area contributed by atoms with Crippen molar-refractivity contribution in [2.45, 2.75) is 44.8 Å². The summed E-state index contributed by atoms with van der Waals surface area (Å²) in [6.07, 6.45) is -2.13. The van der Waals surface area contributed by atoms with E-state index in [0.717, 1.165) is 10.4 Å². The zero-order valence-corrected chi connectivity index (χ0v) is 18.3. The Hall–Kier alpha value is -3.54. The molecule has 1 atom stereocenters. The summed E-state index contributed by atoms with van der Waals surface area (Å²) in [6, 6.07) is 8.22. The highest BCUT2D eigenvalue weighted by Crippen LogP contribution is 2.24. The molecule has 9 nitrogen and oxygen atoms in total. The lowest BCUT2D eigenvalue weighted by molar-refractivity contribution is -0.274. The summed E-state index contributed by atoms with van der Waals surface area (Å²) in [5.41, 5.74) is 1.39. The maximum Gasteiger partial charge on any atom is 0.573 e. The minimum absolute atomic E-state index is 0.297. The molecule has 2 aromatic heterocycles. The van der Waals surface area contributed by atoms with Crippen LogP contribution < -0.4 is 20.6 Å². The molecule has 0 bridgehead atoms. The van der Waals surface area contributed by atoms with Crippen molar-refractivity contribution < 1.29 is 27.8 Å². The molecule has 34 heavy (non-hydrogen) atoms. The number of aliphatic hydroxyl groups excluding tert-OH is 1. The van der Waals surface area contributed by atoms with Crippen LogP contribution in [0.3, 0.4) is 0 Å². The van der Waals surface area contributed by atoms with Crippen LogP contribution in [0.2, 0.25) is 0 Å². The SMILES string of the molecule is C[C@H](NC(=O)Cn1nc2cc(N3CCC(O)CC3)ccn2c1=O)c1ccc(OC(F)(F)F)cc1. The number of aliphatic hydroxyl groups is 1. The van der Waals surface area contributed by atoms with E-state index in [1.807, 2.05) is 0 Å². The maximum absolute atomic E-state index is 12.6. The van der Waals surface area contributed by atoms with Gasteiger partial charge in [0.15, 0.2) is 5.65 Å². The van der Waals surface area contributed by atoms with Crippen LogP contribution in [0.1, 0.15) is 31.4 Å². The number of halogens is 3. The van der Waals surface area contributed by atoms with Crippen LogP contribution >= 0.6 is 0 Å². The number of hydrogen-bond donors (Lipinski definition) is 2. The highest BCUT2D eigenvalue weighted by molar-refractivity contribution is 5.76. The molecule has 2 N–H and O–H groups in total. The second-order valence-electron chi connectivity index (χ2n) is 8.18. The van der Waals surface area contributed by atoms with Gasteiger partial charge in [-0.1, -0.05) is 12.1 Å². The molecule has 3 heterocycles. The highest BCUT2D eigenvalue weighted by Gasteiger charge is 2.31. The molecule has 1 fully saturated rings. The van der Waals surface area contributed by atoms with Crippen LogP contribution in [0, 0.1) is 0 Å². The molecule has 0 unspecified atom stereocenters. The number of ether oxygens (including phenoxy) is 1. The predicted molar refractivity (Wildman–Crippen MR) is 117 cm³/mol. The summed E-state index contributed by atoms with van der Waals surface area (Å²) in [4.78, 5) is 27.2. The third-order valence-corrected chi connectivity index (χ3v) is 5.68. The van der Waals surface area contributed by atoms with Gasteiger partial charge in [-0.15, -0.1) is 18.3 Å². The van der Waals surface area contributed by atoms with Crippen LogP contribution in [0.5, 0.6) is 5.75 Å². The van der Waals surface area contributed by atoms with E-state index < -0.39 is 24.0 Å². The van der Waals surface area contributed by atoms with Gasteiger partial charge in [0.05, 0.1) is 12.1 Å². The average Bonchev–Trinajstić information content (AvgIpc) is 3.08. The van der Waals surface area contributed by atoms with E-state index >= 15 is 0 Å². The summed E-state index contributed by atoms with van der Waals surface area (Å²) in [5.74, 6) is -0.829. The van der Waals surface area contributed by atoms with E-state index in [0.29, 0.717) is 37.1 Å². The highest BCUT2D eigenvalue weighted by atomic mass is 19.4. The smallest absolute Gasteiger partial charge is 0.406 e. The van der Waals surface area contributed by atoms with Crippen molar-refractivity contribution in [3.63, 3.8) is 0 Å². The number of amides is 1. The molecule has 1 aliphatic heterocycles. The molecular weight excluding hydrogens is 455 g/mol. The molecule has 0 saturated carbocycles. The van der Waals surface area contributed by atoms with Crippen LogP contribution in [0.25, 0.3) is 5.65 Å². The Balaban J connectivity index is 1.41. The summed E-state index contributed by atoms with van der Waals surface area (Å²) in [6.45, 7) is 2.76. The van der Waals surface area contributed by atoms with E-state index in [4.69, 9.17) is 0 Å². The van der Waals surface area contributed by atoms with Gasteiger partial charge in [-0.3, -0.25) is 9.20 Å². The molecule has 0 radical (unpaired) electrons. The fourth-order valence-corrected chi connectivity index (χ4v) is 3.90. The second kappa shape index (κ2) is 9.37. The lowest BCUT2D eigenvalue weighted by Crippen LogP contribution is -2.35. The van der Waals surface area contributed by atoms with E-state index in [2.05, 4.69) is 20.1 Å². The first-order chi connectivity index (χ1) is 16.1. The van der Waals surface area contributed by atoms with Crippen molar-refractivity contribution in [3.05, 3.63) is 58.6 Å². The average molecular weight is 479 g/mol. The van der Waals surface area contributed by atoms with E-state index in [-0.39, 0.29) is 18.4 Å². The fraction of sp³-hybridized carbons (Fsp3) is 0.409. The molecular formula is C22H24F3N5O4. The Morgan fingerprint density at radius 1 is 1.24 bits per heavy atom. The Bertz CT molecular complexity index is 1210. The molecule has 1 aliphatic rings. The number of hydrogen-bond acceptors (Lipinski definition) is 6. The number of rotatable bonds is 6. The van der Waals surface area contributed by atoms with Crippen molar-refractivity contribution in [1.29, 1.82) is 0 Å². The third kappa shape index (κ3) is 5.50. The number of nitrogens with zero attached hydrogens (tertiary/aromatic N) is 4. The van der Waals surface area contributed by atoms with Gasteiger partial charge >= 0.3 is 12.1 Å². The lowest BCUT2D eigenvalue weighted by atomic mass is 10.1. The monoisotopic (exact) mass is 479 g/mol. The first kappa shape index (κ1) is 23.6. The molecule has 182 valence electrons. The van der Waals surface area contributed by atoms with Gasteiger partial charge in [0, 0.05) is 31.0 Å². The predicted octanol–water partition coefficient (Wildman–Crippen LogP) is 2.23. The van der Waals surface area contributed by atoms with Gasteiger partial charge in [-0.25, -0.2) is 9.48 Å². The molecule has 4 rings (SSSR count). The Labute approximate surface area is 192 Å². The second-order valence-corrected chi connectivity index (χ2v) is 8.18. The topological polar surface area (TPSA) is 101 Å². The summed E-state index contributed by atoms with van der Waals surface area (Å²) in [7, 11) is 0. The number of pyridine rings is 1. The van der Waals surface area contributed by atoms with Crippen molar-refractivity contribution >= 4 is 17.2 Å². The number of piperidine rings is 1. The molecule has 1 saturated heterocycles.